The van der Waals surface area contributed by atoms with E-state index in [0.717, 1.165) is 12.8 Å². The Kier molecular flexibility index (Phi) is 11.9. The Labute approximate surface area is 95.7 Å². The fourth-order valence-corrected chi connectivity index (χ4v) is 1.77. The van der Waals surface area contributed by atoms with Crippen molar-refractivity contribution in [3.8, 4) is 0 Å². The van der Waals surface area contributed by atoms with E-state index in [0.29, 0.717) is 6.61 Å². The van der Waals surface area contributed by atoms with Crippen molar-refractivity contribution in [2.45, 2.75) is 58.3 Å². The molecule has 1 N–H and O–H groups in total. The lowest BCUT2D eigenvalue weighted by Gasteiger charge is -2.15. The van der Waals surface area contributed by atoms with Gasteiger partial charge in [-0.3, -0.25) is 0 Å². The third-order valence-electron chi connectivity index (χ3n) is 2.84. The molecule has 0 saturated heterocycles. The number of aliphatic hydroxyl groups excluding tert-OH is 1. The summed E-state index contributed by atoms with van der Waals surface area (Å²) in [7, 11) is 2.21. The highest BCUT2D eigenvalue weighted by molar-refractivity contribution is 4.53. The van der Waals surface area contributed by atoms with E-state index in [2.05, 4.69) is 18.9 Å². The first-order valence-electron chi connectivity index (χ1n) is 6.60. The summed E-state index contributed by atoms with van der Waals surface area (Å²) in [5, 5.41) is 8.64. The van der Waals surface area contributed by atoms with Crippen molar-refractivity contribution in [1.82, 2.24) is 4.90 Å². The van der Waals surface area contributed by atoms with Crippen LogP contribution in [0.25, 0.3) is 0 Å². The fraction of sp³-hybridized carbons (Fsp3) is 1.00. The molecule has 2 heteroatoms. The molecular weight excluding hydrogens is 186 g/mol. The number of nitrogens with zero attached hydrogens (tertiary/aromatic N) is 1. The maximum absolute atomic E-state index is 8.64. The van der Waals surface area contributed by atoms with Crippen molar-refractivity contribution >= 4 is 0 Å². The molecule has 2 nitrogen and oxygen atoms in total. The van der Waals surface area contributed by atoms with E-state index in [4.69, 9.17) is 5.11 Å². The maximum atomic E-state index is 8.64. The first-order valence-corrected chi connectivity index (χ1v) is 6.60. The van der Waals surface area contributed by atoms with Crippen molar-refractivity contribution in [3.05, 3.63) is 0 Å². The Bertz CT molecular complexity index is 117. The monoisotopic (exact) mass is 215 g/mol. The highest BCUT2D eigenvalue weighted by Crippen LogP contribution is 2.04. The van der Waals surface area contributed by atoms with E-state index < -0.39 is 0 Å². The molecule has 0 fully saturated rings. The minimum atomic E-state index is 0.348. The lowest BCUT2D eigenvalue weighted by Crippen LogP contribution is -2.20. The van der Waals surface area contributed by atoms with Gasteiger partial charge < -0.3 is 10.0 Å². The van der Waals surface area contributed by atoms with Gasteiger partial charge in [0, 0.05) is 6.61 Å². The molecule has 0 aromatic heterocycles. The van der Waals surface area contributed by atoms with Crippen LogP contribution in [0.1, 0.15) is 58.3 Å². The normalized spacial score (nSPS) is 11.2. The fourth-order valence-electron chi connectivity index (χ4n) is 1.77. The molecule has 0 aromatic rings. The Hall–Kier alpha value is -0.0800. The molecule has 0 aliphatic carbocycles. The first-order chi connectivity index (χ1) is 7.31. The van der Waals surface area contributed by atoms with Crippen LogP contribution in [0.5, 0.6) is 0 Å². The predicted molar refractivity (Wildman–Crippen MR) is 67.2 cm³/mol. The van der Waals surface area contributed by atoms with Gasteiger partial charge in [-0.2, -0.15) is 0 Å². The highest BCUT2D eigenvalue weighted by atomic mass is 16.2. The van der Waals surface area contributed by atoms with E-state index in [1.807, 2.05) is 0 Å². The summed E-state index contributed by atoms with van der Waals surface area (Å²) in [6, 6.07) is 0. The molecule has 0 unspecified atom stereocenters. The van der Waals surface area contributed by atoms with E-state index >= 15 is 0 Å². The lowest BCUT2D eigenvalue weighted by molar-refractivity contribution is 0.271. The second-order valence-corrected chi connectivity index (χ2v) is 4.50. The third kappa shape index (κ3) is 11.8. The van der Waals surface area contributed by atoms with Crippen LogP contribution in [0.2, 0.25) is 0 Å². The second kappa shape index (κ2) is 12.0. The van der Waals surface area contributed by atoms with Crippen LogP contribution < -0.4 is 0 Å². The average molecular weight is 215 g/mol. The van der Waals surface area contributed by atoms with Crippen LogP contribution in [0.15, 0.2) is 0 Å². The molecule has 0 heterocycles. The topological polar surface area (TPSA) is 23.5 Å². The van der Waals surface area contributed by atoms with E-state index in [1.165, 1.54) is 51.6 Å². The molecule has 0 radical (unpaired) electrons. The standard InChI is InChI=1S/C13H29NO/c1-3-4-5-6-8-11-14(2)12-9-7-10-13-15/h15H,3-13H2,1-2H3. The zero-order valence-corrected chi connectivity index (χ0v) is 10.7. The van der Waals surface area contributed by atoms with Crippen molar-refractivity contribution in [2.24, 2.45) is 0 Å². The number of aliphatic hydroxyl groups is 1. The Morgan fingerprint density at radius 2 is 1.33 bits per heavy atom. The van der Waals surface area contributed by atoms with Crippen LogP contribution in [0, 0.1) is 0 Å². The van der Waals surface area contributed by atoms with Gasteiger partial charge in [0.05, 0.1) is 0 Å². The van der Waals surface area contributed by atoms with Gasteiger partial charge in [0.15, 0.2) is 0 Å². The van der Waals surface area contributed by atoms with Gasteiger partial charge in [0.1, 0.15) is 0 Å². The van der Waals surface area contributed by atoms with Gasteiger partial charge in [0.2, 0.25) is 0 Å². The Morgan fingerprint density at radius 3 is 1.87 bits per heavy atom. The SMILES string of the molecule is CCCCCCCN(C)CCCCCO. The largest absolute Gasteiger partial charge is 0.396 e. The summed E-state index contributed by atoms with van der Waals surface area (Å²) < 4.78 is 0. The van der Waals surface area contributed by atoms with Gasteiger partial charge >= 0.3 is 0 Å². The number of rotatable bonds is 11. The third-order valence-corrected chi connectivity index (χ3v) is 2.84. The smallest absolute Gasteiger partial charge is 0.0431 e. The Morgan fingerprint density at radius 1 is 0.800 bits per heavy atom. The molecule has 0 saturated carbocycles. The van der Waals surface area contributed by atoms with Crippen LogP contribution in [-0.4, -0.2) is 36.8 Å². The second-order valence-electron chi connectivity index (χ2n) is 4.50. The maximum Gasteiger partial charge on any atom is 0.0431 e. The highest BCUT2D eigenvalue weighted by Gasteiger charge is 1.97. The van der Waals surface area contributed by atoms with Gasteiger partial charge in [-0.25, -0.2) is 0 Å². The van der Waals surface area contributed by atoms with E-state index in [9.17, 15) is 0 Å². The van der Waals surface area contributed by atoms with Gasteiger partial charge in [0.25, 0.3) is 0 Å². The first kappa shape index (κ1) is 14.9. The van der Waals surface area contributed by atoms with Crippen LogP contribution in [-0.2, 0) is 0 Å². The molecule has 0 rings (SSSR count). The Balaban J connectivity index is 3.08. The minimum absolute atomic E-state index is 0.348. The molecule has 15 heavy (non-hydrogen) atoms. The summed E-state index contributed by atoms with van der Waals surface area (Å²) in [6.45, 7) is 5.03. The number of hydrogen-bond donors (Lipinski definition) is 1. The molecule has 0 aliphatic rings. The molecule has 0 atom stereocenters. The van der Waals surface area contributed by atoms with Gasteiger partial charge in [-0.15, -0.1) is 0 Å². The van der Waals surface area contributed by atoms with Gasteiger partial charge in [-0.05, 0) is 45.8 Å². The molecule has 0 amide bonds. The molecule has 0 aromatic carbocycles. The summed E-state index contributed by atoms with van der Waals surface area (Å²) in [5.41, 5.74) is 0. The molecule has 92 valence electrons. The van der Waals surface area contributed by atoms with E-state index in [1.54, 1.807) is 0 Å². The van der Waals surface area contributed by atoms with Crippen molar-refractivity contribution < 1.29 is 5.11 Å². The lowest BCUT2D eigenvalue weighted by atomic mass is 10.1. The van der Waals surface area contributed by atoms with Crippen LogP contribution in [0.4, 0.5) is 0 Å². The van der Waals surface area contributed by atoms with Crippen LogP contribution in [0.3, 0.4) is 0 Å². The molecule has 0 bridgehead atoms. The zero-order chi connectivity index (χ0) is 11.4. The molecule has 0 spiro atoms. The number of unbranched alkanes of at least 4 members (excludes halogenated alkanes) is 6. The summed E-state index contributed by atoms with van der Waals surface area (Å²) in [5.74, 6) is 0. The summed E-state index contributed by atoms with van der Waals surface area (Å²) in [6.07, 6.45) is 10.2. The minimum Gasteiger partial charge on any atom is -0.396 e. The molecular formula is C13H29NO. The van der Waals surface area contributed by atoms with E-state index in [-0.39, 0.29) is 0 Å². The zero-order valence-electron chi connectivity index (χ0n) is 10.7. The summed E-state index contributed by atoms with van der Waals surface area (Å²) in [4.78, 5) is 2.42. The van der Waals surface area contributed by atoms with Crippen molar-refractivity contribution in [1.29, 1.82) is 0 Å². The molecule has 0 aliphatic heterocycles. The number of hydrogen-bond acceptors (Lipinski definition) is 2. The quantitative estimate of drug-likeness (QED) is 0.535. The van der Waals surface area contributed by atoms with Crippen LogP contribution >= 0.6 is 0 Å². The van der Waals surface area contributed by atoms with Crippen molar-refractivity contribution in [3.63, 3.8) is 0 Å². The summed E-state index contributed by atoms with van der Waals surface area (Å²) >= 11 is 0. The van der Waals surface area contributed by atoms with Gasteiger partial charge in [-0.1, -0.05) is 32.6 Å². The van der Waals surface area contributed by atoms with Crippen molar-refractivity contribution in [2.75, 3.05) is 26.7 Å². The predicted octanol–water partition coefficient (Wildman–Crippen LogP) is 3.05. The average Bonchev–Trinajstić information content (AvgIpc) is 2.24.